The summed E-state index contributed by atoms with van der Waals surface area (Å²) in [5.41, 5.74) is 0.716. The van der Waals surface area contributed by atoms with Crippen molar-refractivity contribution in [2.24, 2.45) is 16.7 Å². The molecule has 2 heteroatoms. The number of Topliss-reactive ketones (excluding diaryl/α,β-unsaturated/α-hetero) is 1. The predicted octanol–water partition coefficient (Wildman–Crippen LogP) is 1.53. The highest BCUT2D eigenvalue weighted by Gasteiger charge is 2.87. The fourth-order valence-electron chi connectivity index (χ4n) is 4.81. The van der Waals surface area contributed by atoms with E-state index in [0.29, 0.717) is 28.6 Å². The van der Waals surface area contributed by atoms with Crippen molar-refractivity contribution in [1.29, 1.82) is 0 Å². The van der Waals surface area contributed by atoms with Gasteiger partial charge in [0.05, 0.1) is 12.7 Å². The Labute approximate surface area is 77.6 Å². The number of carbonyl (C=O) groups excluding carboxylic acids is 1. The van der Waals surface area contributed by atoms with Crippen LogP contribution in [-0.4, -0.2) is 18.5 Å². The van der Waals surface area contributed by atoms with Crippen LogP contribution in [0.2, 0.25) is 0 Å². The van der Waals surface area contributed by atoms with Crippen LogP contribution >= 0.6 is 0 Å². The molecule has 1 saturated heterocycles. The van der Waals surface area contributed by atoms with Gasteiger partial charge >= 0.3 is 0 Å². The highest BCUT2D eigenvalue weighted by Crippen LogP contribution is 2.84. The van der Waals surface area contributed by atoms with E-state index in [-0.39, 0.29) is 0 Å². The third-order valence-corrected chi connectivity index (χ3v) is 5.20. The van der Waals surface area contributed by atoms with Gasteiger partial charge in [0.1, 0.15) is 5.78 Å². The summed E-state index contributed by atoms with van der Waals surface area (Å²) in [7, 11) is 0. The smallest absolute Gasteiger partial charge is 0.139 e. The lowest BCUT2D eigenvalue weighted by Gasteiger charge is -2.24. The van der Waals surface area contributed by atoms with Gasteiger partial charge in [0.15, 0.2) is 0 Å². The van der Waals surface area contributed by atoms with Gasteiger partial charge in [0.2, 0.25) is 0 Å². The third kappa shape index (κ3) is 0.475. The number of hydrogen-bond acceptors (Lipinski definition) is 2. The van der Waals surface area contributed by atoms with Gasteiger partial charge in [-0.15, -0.1) is 0 Å². The third-order valence-electron chi connectivity index (χ3n) is 5.20. The van der Waals surface area contributed by atoms with E-state index in [1.54, 1.807) is 0 Å². The molecule has 0 N–H and O–H groups in total. The molecule has 4 unspecified atom stereocenters. The molecular formula is C11H14O2. The first-order chi connectivity index (χ1) is 6.31. The molecule has 3 saturated carbocycles. The fourth-order valence-corrected chi connectivity index (χ4v) is 4.81. The van der Waals surface area contributed by atoms with Gasteiger partial charge in [-0.05, 0) is 12.8 Å². The summed E-state index contributed by atoms with van der Waals surface area (Å²) < 4.78 is 5.78. The Morgan fingerprint density at radius 2 is 2.15 bits per heavy atom. The maximum absolute atomic E-state index is 11.8. The molecule has 0 aromatic rings. The van der Waals surface area contributed by atoms with Crippen molar-refractivity contribution in [2.45, 2.75) is 38.2 Å². The van der Waals surface area contributed by atoms with Crippen molar-refractivity contribution in [2.75, 3.05) is 6.61 Å². The fraction of sp³-hybridized carbons (Fsp3) is 0.909. The highest BCUT2D eigenvalue weighted by atomic mass is 16.5. The second kappa shape index (κ2) is 1.72. The average molecular weight is 178 g/mol. The maximum Gasteiger partial charge on any atom is 0.139 e. The van der Waals surface area contributed by atoms with Crippen LogP contribution in [0.4, 0.5) is 0 Å². The minimum absolute atomic E-state index is 0.324. The van der Waals surface area contributed by atoms with E-state index in [1.165, 1.54) is 25.7 Å². The zero-order chi connectivity index (χ0) is 8.68. The molecule has 0 radical (unpaired) electrons. The minimum Gasteiger partial charge on any atom is -0.377 e. The molecule has 4 rings (SSSR count). The van der Waals surface area contributed by atoms with Gasteiger partial charge in [-0.3, -0.25) is 4.79 Å². The molecule has 2 nitrogen and oxygen atoms in total. The average Bonchev–Trinajstić information content (AvgIpc) is 2.55. The van der Waals surface area contributed by atoms with E-state index in [0.717, 1.165) is 13.0 Å². The Kier molecular flexibility index (Phi) is 0.926. The van der Waals surface area contributed by atoms with Crippen LogP contribution in [0.25, 0.3) is 0 Å². The van der Waals surface area contributed by atoms with Crippen molar-refractivity contribution < 1.29 is 9.53 Å². The quantitative estimate of drug-likeness (QED) is 0.562. The van der Waals surface area contributed by atoms with Crippen molar-refractivity contribution in [3.63, 3.8) is 0 Å². The molecule has 3 aliphatic carbocycles. The first-order valence-corrected chi connectivity index (χ1v) is 5.46. The summed E-state index contributed by atoms with van der Waals surface area (Å²) >= 11 is 0. The molecule has 4 fully saturated rings. The van der Waals surface area contributed by atoms with Crippen LogP contribution in [-0.2, 0) is 9.53 Å². The molecule has 13 heavy (non-hydrogen) atoms. The molecule has 1 aliphatic heterocycles. The monoisotopic (exact) mass is 178 g/mol. The Balaban J connectivity index is 1.89. The molecule has 0 aromatic carbocycles. The lowest BCUT2D eigenvalue weighted by molar-refractivity contribution is -0.120. The van der Waals surface area contributed by atoms with Crippen molar-refractivity contribution in [3.05, 3.63) is 0 Å². The van der Waals surface area contributed by atoms with E-state index in [4.69, 9.17) is 4.74 Å². The maximum atomic E-state index is 11.8. The van der Waals surface area contributed by atoms with E-state index < -0.39 is 0 Å². The summed E-state index contributed by atoms with van der Waals surface area (Å²) in [5, 5.41) is 0. The van der Waals surface area contributed by atoms with Crippen molar-refractivity contribution >= 4 is 5.78 Å². The summed E-state index contributed by atoms with van der Waals surface area (Å²) in [5.74, 6) is 0.950. The van der Waals surface area contributed by atoms with Gasteiger partial charge in [-0.1, -0.05) is 12.8 Å². The normalized spacial score (nSPS) is 62.0. The predicted molar refractivity (Wildman–Crippen MR) is 46.2 cm³/mol. The van der Waals surface area contributed by atoms with Crippen molar-refractivity contribution in [3.8, 4) is 0 Å². The van der Waals surface area contributed by atoms with Crippen LogP contribution in [0.15, 0.2) is 0 Å². The first kappa shape index (κ1) is 6.99. The second-order valence-electron chi connectivity index (χ2n) is 5.31. The number of rotatable bonds is 0. The Morgan fingerprint density at radius 3 is 3.00 bits per heavy atom. The first-order valence-electron chi connectivity index (χ1n) is 5.46. The summed E-state index contributed by atoms with van der Waals surface area (Å²) in [6.45, 7) is 0.897. The van der Waals surface area contributed by atoms with E-state index >= 15 is 0 Å². The number of carbonyl (C=O) groups is 1. The van der Waals surface area contributed by atoms with Crippen LogP contribution in [0.5, 0.6) is 0 Å². The Hall–Kier alpha value is -0.370. The summed E-state index contributed by atoms with van der Waals surface area (Å²) in [6, 6.07) is 0. The van der Waals surface area contributed by atoms with E-state index in [1.807, 2.05) is 0 Å². The van der Waals surface area contributed by atoms with Gasteiger partial charge < -0.3 is 4.74 Å². The largest absolute Gasteiger partial charge is 0.377 e. The standard InChI is InChI=1S/C11H14O2/c12-7-5-8-11-4-2-1-3-10(11,6-13-8)9(7)11/h8-9H,1-6H2. The van der Waals surface area contributed by atoms with E-state index in [9.17, 15) is 4.79 Å². The van der Waals surface area contributed by atoms with Crippen LogP contribution in [0.1, 0.15) is 32.1 Å². The second-order valence-corrected chi connectivity index (χ2v) is 5.31. The summed E-state index contributed by atoms with van der Waals surface area (Å²) in [4.78, 5) is 11.8. The summed E-state index contributed by atoms with van der Waals surface area (Å²) in [6.07, 6.45) is 6.23. The molecule has 0 amide bonds. The number of ketones is 1. The van der Waals surface area contributed by atoms with Gasteiger partial charge in [-0.2, -0.15) is 0 Å². The topological polar surface area (TPSA) is 26.3 Å². The number of hydrogen-bond donors (Lipinski definition) is 0. The lowest BCUT2D eigenvalue weighted by Crippen LogP contribution is -2.23. The zero-order valence-corrected chi connectivity index (χ0v) is 7.71. The molecule has 1 heterocycles. The van der Waals surface area contributed by atoms with Crippen LogP contribution in [0, 0.1) is 16.7 Å². The Bertz CT molecular complexity index is 307. The highest BCUT2D eigenvalue weighted by molar-refractivity contribution is 5.91. The van der Waals surface area contributed by atoms with Crippen LogP contribution in [0.3, 0.4) is 0 Å². The van der Waals surface area contributed by atoms with Gasteiger partial charge in [0.25, 0.3) is 0 Å². The molecule has 70 valence electrons. The Morgan fingerprint density at radius 1 is 1.31 bits per heavy atom. The van der Waals surface area contributed by atoms with Gasteiger partial charge in [0, 0.05) is 23.2 Å². The molecule has 0 aromatic heterocycles. The zero-order valence-electron chi connectivity index (χ0n) is 7.71. The van der Waals surface area contributed by atoms with Crippen molar-refractivity contribution in [1.82, 2.24) is 0 Å². The number of ether oxygens (including phenoxy) is 1. The minimum atomic E-state index is 0.324. The molecule has 4 atom stereocenters. The molecular weight excluding hydrogens is 164 g/mol. The SMILES string of the molecule is O=C1CC2OCC34CCCCC23C14. The lowest BCUT2D eigenvalue weighted by atomic mass is 9.78. The molecule has 0 bridgehead atoms. The molecule has 1 spiro atoms. The van der Waals surface area contributed by atoms with Gasteiger partial charge in [-0.25, -0.2) is 0 Å². The van der Waals surface area contributed by atoms with Crippen LogP contribution < -0.4 is 0 Å². The molecule has 4 aliphatic rings. The van der Waals surface area contributed by atoms with E-state index in [2.05, 4.69) is 0 Å².